The van der Waals surface area contributed by atoms with Gasteiger partial charge in [-0.25, -0.2) is 29.1 Å². The lowest BCUT2D eigenvalue weighted by Crippen LogP contribution is -2.61. The van der Waals surface area contributed by atoms with Crippen LogP contribution in [0.1, 0.15) is 28.8 Å². The van der Waals surface area contributed by atoms with Crippen molar-refractivity contribution in [1.82, 2.24) is 29.7 Å². The van der Waals surface area contributed by atoms with Gasteiger partial charge < -0.3 is 52.6 Å². The molecule has 7 atom stereocenters. The number of aromatic nitrogens is 4. The van der Waals surface area contributed by atoms with Crippen LogP contribution in [0.25, 0.3) is 43.2 Å². The maximum absolute atomic E-state index is 14.4. The number of nitrogens with zero attached hydrogens (tertiary/aromatic N) is 6. The molecule has 0 saturated carbocycles. The molecule has 1 N–H and O–H groups in total. The van der Waals surface area contributed by atoms with E-state index >= 15 is 0 Å². The number of piperazine rings is 1. The van der Waals surface area contributed by atoms with Crippen molar-refractivity contribution in [3.8, 4) is 56.1 Å². The van der Waals surface area contributed by atoms with Crippen molar-refractivity contribution in [3.63, 3.8) is 0 Å². The number of halogens is 2. The number of methoxy groups -OCH3 is 4. The minimum atomic E-state index is -1.42. The summed E-state index contributed by atoms with van der Waals surface area (Å²) in [5.41, 5.74) is 5.74. The largest absolute Gasteiger partial charge is 0.491 e. The fourth-order valence-corrected chi connectivity index (χ4v) is 11.7. The minimum Gasteiger partial charge on any atom is -0.491 e. The number of fused-ring (bicyclic) bond motifs is 7. The lowest BCUT2D eigenvalue weighted by atomic mass is 9.96. The predicted molar refractivity (Wildman–Crippen MR) is 292 cm³/mol. The van der Waals surface area contributed by atoms with E-state index in [1.165, 1.54) is 29.8 Å². The molecule has 0 radical (unpaired) electrons. The normalized spacial score (nSPS) is 22.1. The van der Waals surface area contributed by atoms with E-state index in [9.17, 15) is 14.3 Å². The minimum absolute atomic E-state index is 0.0348. The van der Waals surface area contributed by atoms with Crippen LogP contribution in [-0.4, -0.2) is 159 Å². The molecule has 11 rings (SSSR count). The predicted octanol–water partition coefficient (Wildman–Crippen LogP) is 8.97. The summed E-state index contributed by atoms with van der Waals surface area (Å²) in [6.07, 6.45) is -0.197. The Kier molecular flexibility index (Phi) is 17.4. The Morgan fingerprint density at radius 2 is 1.65 bits per heavy atom. The molecular formula is C58H62ClFN6O11S. The fourth-order valence-electron chi connectivity index (χ4n) is 10.4. The molecule has 4 aliphatic rings. The molecule has 4 aromatic carbocycles. The third kappa shape index (κ3) is 12.1. The van der Waals surface area contributed by atoms with E-state index in [1.807, 2.05) is 61.5 Å². The Balaban J connectivity index is 0.953. The standard InChI is InChI=1S/C58H62ClFN6O11S/c1-33-42-17-19-44(49(33)59)75-41(29-66-24-22-65(2)23-25-66)16-10-34-11-18-43(37(26-34)28-45(57(67)68)76-55-48-47(42)53(78-56(48)63-32-62-55)35-12-14-38(60)15-13-35)74-30-39-20-21-61-54(64-39)36-8-7-9-40(27-36)73-31-46-50(69-3)51(70-4)52(71-5)58(72-6)77-46/h7-9,11-15,17-21,26-27,32,41,45-46,50-52,58H,10,16,22-25,28-31H2,1-6H3,(H,67,68)/t41-,45-,46+,50+,51-,52-,58-/m0/s1. The lowest BCUT2D eigenvalue weighted by molar-refractivity contribution is -0.305. The topological polar surface area (TPSA) is 178 Å². The summed E-state index contributed by atoms with van der Waals surface area (Å²) in [4.78, 5) is 38.2. The van der Waals surface area contributed by atoms with E-state index in [-0.39, 0.29) is 37.4 Å². The Bertz CT molecular complexity index is 3220. The molecule has 0 amide bonds. The molecule has 0 unspecified atom stereocenters. The molecule has 0 spiro atoms. The number of rotatable bonds is 15. The summed E-state index contributed by atoms with van der Waals surface area (Å²) >= 11 is 8.68. The highest BCUT2D eigenvalue weighted by atomic mass is 35.5. The molecule has 4 bridgehead atoms. The van der Waals surface area contributed by atoms with E-state index in [4.69, 9.17) is 59.2 Å². The lowest BCUT2D eigenvalue weighted by Gasteiger charge is -2.44. The maximum atomic E-state index is 14.4. The summed E-state index contributed by atoms with van der Waals surface area (Å²) in [6.45, 7) is 6.48. The fraction of sp³-hybridized carbons (Fsp3) is 0.397. The molecule has 2 fully saturated rings. The first-order valence-corrected chi connectivity index (χ1v) is 27.0. The number of hydrogen-bond acceptors (Lipinski definition) is 17. The molecule has 78 heavy (non-hydrogen) atoms. The second-order valence-electron chi connectivity index (χ2n) is 19.6. The van der Waals surface area contributed by atoms with Gasteiger partial charge in [-0.15, -0.1) is 11.3 Å². The molecule has 410 valence electrons. The number of thiophene rings is 1. The van der Waals surface area contributed by atoms with Crippen LogP contribution < -0.4 is 18.9 Å². The van der Waals surface area contributed by atoms with Gasteiger partial charge in [0.2, 0.25) is 12.0 Å². The van der Waals surface area contributed by atoms with E-state index in [0.29, 0.717) is 80.1 Å². The van der Waals surface area contributed by atoms with Crippen molar-refractivity contribution in [2.24, 2.45) is 0 Å². The maximum Gasteiger partial charge on any atom is 0.345 e. The van der Waals surface area contributed by atoms with Gasteiger partial charge >= 0.3 is 5.97 Å². The summed E-state index contributed by atoms with van der Waals surface area (Å²) in [5, 5.41) is 11.9. The van der Waals surface area contributed by atoms with Crippen LogP contribution in [0.5, 0.6) is 23.1 Å². The molecule has 7 aromatic rings. The van der Waals surface area contributed by atoms with Gasteiger partial charge in [0, 0.05) is 89.8 Å². The van der Waals surface area contributed by atoms with Crippen LogP contribution in [0.2, 0.25) is 5.02 Å². The second kappa shape index (κ2) is 24.7. The van der Waals surface area contributed by atoms with Crippen molar-refractivity contribution >= 4 is 39.1 Å². The van der Waals surface area contributed by atoms with Crippen LogP contribution in [-0.2, 0) is 47.9 Å². The summed E-state index contributed by atoms with van der Waals surface area (Å²) in [7, 11) is 8.43. The van der Waals surface area contributed by atoms with Crippen molar-refractivity contribution in [2.75, 3.05) is 74.8 Å². The van der Waals surface area contributed by atoms with Gasteiger partial charge in [0.05, 0.1) is 16.1 Å². The molecule has 3 aromatic heterocycles. The number of benzene rings is 4. The highest BCUT2D eigenvalue weighted by Crippen LogP contribution is 2.50. The van der Waals surface area contributed by atoms with Gasteiger partial charge in [-0.2, -0.15) is 0 Å². The highest BCUT2D eigenvalue weighted by Gasteiger charge is 2.47. The first kappa shape index (κ1) is 54.9. The zero-order valence-corrected chi connectivity index (χ0v) is 45.8. The number of aryl methyl sites for hydroxylation is 1. The smallest absolute Gasteiger partial charge is 0.345 e. The van der Waals surface area contributed by atoms with Crippen LogP contribution in [0, 0.1) is 12.7 Å². The summed E-state index contributed by atoms with van der Waals surface area (Å²) < 4.78 is 69.6. The molecule has 17 nitrogen and oxygen atoms in total. The monoisotopic (exact) mass is 1100 g/mol. The average molecular weight is 1110 g/mol. The third-order valence-corrected chi connectivity index (χ3v) is 16.2. The average Bonchev–Trinajstić information content (AvgIpc) is 4.09. The van der Waals surface area contributed by atoms with Gasteiger partial charge in [0.25, 0.3) is 0 Å². The number of carboxylic acid groups (broad SMARTS) is 1. The van der Waals surface area contributed by atoms with Crippen LogP contribution >= 0.6 is 22.9 Å². The van der Waals surface area contributed by atoms with E-state index < -0.39 is 42.8 Å². The van der Waals surface area contributed by atoms with Crippen LogP contribution in [0.3, 0.4) is 0 Å². The van der Waals surface area contributed by atoms with Crippen molar-refractivity contribution in [2.45, 2.75) is 75.7 Å². The van der Waals surface area contributed by atoms with Crippen molar-refractivity contribution in [1.29, 1.82) is 0 Å². The van der Waals surface area contributed by atoms with Crippen LogP contribution in [0.15, 0.2) is 97.5 Å². The Morgan fingerprint density at radius 3 is 2.41 bits per heavy atom. The van der Waals surface area contributed by atoms with Gasteiger partial charge in [0.1, 0.15) is 78.0 Å². The second-order valence-corrected chi connectivity index (χ2v) is 21.0. The number of ether oxygens (including phenoxy) is 9. The SMILES string of the molecule is CO[C@H]1O[C@H](COc2cccc(-c3nccc(COc4ccc5cc4C[C@@H](C(=O)O)Oc4ncnc6sc(-c7ccc(F)cc7)c(c46)-c4ccc(c(Cl)c4C)O[C@H](CN4CCN(C)CC4)CC5)n3)c2)[C@@H](OC)[C@H](OC)[C@@H]1OC. The van der Waals surface area contributed by atoms with E-state index in [0.717, 1.165) is 53.3 Å². The van der Waals surface area contributed by atoms with Gasteiger partial charge in [0.15, 0.2) is 12.1 Å². The molecule has 0 aliphatic carbocycles. The number of aliphatic carboxylic acids is 1. The number of carbonyl (C=O) groups is 1. The van der Waals surface area contributed by atoms with E-state index in [2.05, 4.69) is 31.8 Å². The summed E-state index contributed by atoms with van der Waals surface area (Å²) in [6, 6.07) is 25.1. The summed E-state index contributed by atoms with van der Waals surface area (Å²) in [5.74, 6) is 0.493. The van der Waals surface area contributed by atoms with Gasteiger partial charge in [-0.1, -0.05) is 54.1 Å². The Hall–Kier alpha value is -6.39. The zero-order valence-electron chi connectivity index (χ0n) is 44.2. The Morgan fingerprint density at radius 1 is 0.859 bits per heavy atom. The first-order valence-electron chi connectivity index (χ1n) is 25.8. The highest BCUT2D eigenvalue weighted by molar-refractivity contribution is 7.22. The molecule has 2 saturated heterocycles. The number of likely N-dealkylation sites (N-methyl/N-ethyl adjacent to an activating group) is 1. The van der Waals surface area contributed by atoms with Crippen molar-refractivity contribution < 1.29 is 56.9 Å². The first-order chi connectivity index (χ1) is 37.9. The molecule has 20 heteroatoms. The van der Waals surface area contributed by atoms with Crippen molar-refractivity contribution in [3.05, 3.63) is 131 Å². The van der Waals surface area contributed by atoms with Gasteiger partial charge in [-0.3, -0.25) is 4.90 Å². The third-order valence-electron chi connectivity index (χ3n) is 14.6. The quantitative estimate of drug-likeness (QED) is 0.103. The van der Waals surface area contributed by atoms with Crippen LogP contribution in [0.4, 0.5) is 4.39 Å². The number of hydrogen-bond donors (Lipinski definition) is 1. The number of carboxylic acids is 1. The van der Waals surface area contributed by atoms with E-state index in [1.54, 1.807) is 52.8 Å². The zero-order chi connectivity index (χ0) is 54.5. The Labute approximate surface area is 461 Å². The molecule has 7 heterocycles. The molecule has 4 aliphatic heterocycles. The molecular weight excluding hydrogens is 1040 g/mol. The van der Waals surface area contributed by atoms with Gasteiger partial charge in [-0.05, 0) is 97.1 Å².